The third kappa shape index (κ3) is 6.96. The van der Waals surface area contributed by atoms with Crippen molar-refractivity contribution in [3.63, 3.8) is 0 Å². The van der Waals surface area contributed by atoms with E-state index in [2.05, 4.69) is 0 Å². The average molecular weight is 658 g/mol. The Bertz CT molecular complexity index is 2120. The fourth-order valence-electron chi connectivity index (χ4n) is 5.30. The van der Waals surface area contributed by atoms with E-state index in [-0.39, 0.29) is 123 Å². The number of fused-ring (bicyclic) bond motifs is 2. The Hall–Kier alpha value is -1.27. The minimum absolute atomic E-state index is 0. The van der Waals surface area contributed by atoms with E-state index in [9.17, 15) is 25.9 Å². The molecule has 0 radical (unpaired) electrons. The molecular formula is C32H21K2NO6S2. The number of benzene rings is 6. The molecule has 0 N–H and O–H groups in total. The van der Waals surface area contributed by atoms with Crippen molar-refractivity contribution in [2.75, 3.05) is 4.90 Å². The fourth-order valence-corrected chi connectivity index (χ4v) is 6.69. The fraction of sp³-hybridized carbons (Fsp3) is 0. The van der Waals surface area contributed by atoms with E-state index in [1.165, 1.54) is 24.3 Å². The average Bonchev–Trinajstić information content (AvgIpc) is 2.96. The first-order valence-electron chi connectivity index (χ1n) is 12.5. The summed E-state index contributed by atoms with van der Waals surface area (Å²) in [7, 11) is -9.61. The minimum atomic E-state index is -4.82. The van der Waals surface area contributed by atoms with Crippen LogP contribution in [0.1, 0.15) is 0 Å². The Morgan fingerprint density at radius 3 is 1.40 bits per heavy atom. The summed E-state index contributed by atoms with van der Waals surface area (Å²) in [6.45, 7) is 0. The van der Waals surface area contributed by atoms with Gasteiger partial charge in [-0.3, -0.25) is 0 Å². The van der Waals surface area contributed by atoms with Crippen molar-refractivity contribution in [1.29, 1.82) is 0 Å². The van der Waals surface area contributed by atoms with Gasteiger partial charge in [-0.2, -0.15) is 0 Å². The summed E-state index contributed by atoms with van der Waals surface area (Å²) in [6, 6.07) is 36.5. The first-order chi connectivity index (χ1) is 19.6. The van der Waals surface area contributed by atoms with Crippen molar-refractivity contribution in [2.24, 2.45) is 0 Å². The second-order valence-electron chi connectivity index (χ2n) is 9.38. The molecule has 0 aliphatic carbocycles. The topological polar surface area (TPSA) is 118 Å². The number of anilines is 3. The van der Waals surface area contributed by atoms with Gasteiger partial charge in [0, 0.05) is 16.9 Å². The van der Waals surface area contributed by atoms with E-state index >= 15 is 0 Å². The van der Waals surface area contributed by atoms with Crippen LogP contribution in [0.4, 0.5) is 17.1 Å². The summed E-state index contributed by atoms with van der Waals surface area (Å²) in [5.74, 6) is 0. The molecule has 6 aromatic rings. The van der Waals surface area contributed by atoms with Crippen LogP contribution in [0.5, 0.6) is 0 Å². The molecule has 0 fully saturated rings. The van der Waals surface area contributed by atoms with Crippen molar-refractivity contribution >= 4 is 58.8 Å². The molecule has 0 atom stereocenters. The van der Waals surface area contributed by atoms with Gasteiger partial charge in [0.15, 0.2) is 0 Å². The third-order valence-electron chi connectivity index (χ3n) is 6.96. The maximum atomic E-state index is 12.3. The number of rotatable bonds is 6. The summed E-state index contributed by atoms with van der Waals surface area (Å²) in [4.78, 5) is 1.28. The first-order valence-corrected chi connectivity index (χ1v) is 15.4. The van der Waals surface area contributed by atoms with Gasteiger partial charge in [-0.15, -0.1) is 0 Å². The molecule has 0 amide bonds. The normalized spacial score (nSPS) is 11.5. The maximum absolute atomic E-state index is 12.3. The second-order valence-corrected chi connectivity index (χ2v) is 12.1. The Balaban J connectivity index is 0.00000212. The Kier molecular flexibility index (Phi) is 11.3. The Morgan fingerprint density at radius 1 is 0.442 bits per heavy atom. The van der Waals surface area contributed by atoms with E-state index in [0.29, 0.717) is 27.6 Å². The molecule has 6 aromatic carbocycles. The first kappa shape index (κ1) is 34.6. The van der Waals surface area contributed by atoms with Crippen molar-refractivity contribution in [3.05, 3.63) is 127 Å². The molecule has 0 saturated carbocycles. The van der Waals surface area contributed by atoms with Gasteiger partial charge < -0.3 is 14.0 Å². The predicted octanol–water partition coefficient (Wildman–Crippen LogP) is 0.946. The maximum Gasteiger partial charge on any atom is 1.00 e. The van der Waals surface area contributed by atoms with Gasteiger partial charge in [0.25, 0.3) is 0 Å². The number of nitrogens with zero attached hydrogens (tertiary/aromatic N) is 1. The molecule has 0 aliphatic rings. The van der Waals surface area contributed by atoms with Crippen LogP contribution in [0, 0.1) is 0 Å². The van der Waals surface area contributed by atoms with Crippen molar-refractivity contribution in [1.82, 2.24) is 0 Å². The zero-order chi connectivity index (χ0) is 28.8. The number of hydrogen-bond acceptors (Lipinski definition) is 7. The van der Waals surface area contributed by atoms with Crippen LogP contribution in [-0.2, 0) is 20.2 Å². The smallest absolute Gasteiger partial charge is 0.744 e. The summed E-state index contributed by atoms with van der Waals surface area (Å²) >= 11 is 0. The molecule has 7 nitrogen and oxygen atoms in total. The van der Waals surface area contributed by atoms with E-state index in [1.54, 1.807) is 42.5 Å². The van der Waals surface area contributed by atoms with E-state index in [1.807, 2.05) is 65.6 Å². The Morgan fingerprint density at radius 2 is 0.884 bits per heavy atom. The zero-order valence-electron chi connectivity index (χ0n) is 23.3. The zero-order valence-corrected chi connectivity index (χ0v) is 31.2. The molecule has 0 aromatic heterocycles. The molecule has 0 unspecified atom stereocenters. The van der Waals surface area contributed by atoms with Crippen LogP contribution >= 0.6 is 0 Å². The number of para-hydroxylation sites is 2. The van der Waals surface area contributed by atoms with E-state index < -0.39 is 20.2 Å². The van der Waals surface area contributed by atoms with Gasteiger partial charge in [0.05, 0.1) is 15.5 Å². The standard InChI is InChI=1S/C32H23NO6S2.2K/c34-40(35,36)30-18-8-14-24-25(30)15-7-16-27(24)32-28-17-9-19-31(41(37,38)39)26(28)20-21-29(32)33(22-10-3-1-4-11-22)23-12-5-2-6-13-23;;/h1-21H,(H,34,35,36)(H,37,38,39);;/q;2*+1/p-2. The van der Waals surface area contributed by atoms with Crippen molar-refractivity contribution in [2.45, 2.75) is 9.79 Å². The predicted molar refractivity (Wildman–Crippen MR) is 157 cm³/mol. The molecule has 43 heavy (non-hydrogen) atoms. The molecule has 11 heteroatoms. The molecule has 0 aliphatic heterocycles. The molecule has 204 valence electrons. The van der Waals surface area contributed by atoms with Crippen molar-refractivity contribution < 1.29 is 129 Å². The summed E-state index contributed by atoms with van der Waals surface area (Å²) in [5, 5.41) is 1.42. The van der Waals surface area contributed by atoms with Crippen LogP contribution in [-0.4, -0.2) is 25.9 Å². The van der Waals surface area contributed by atoms with Gasteiger partial charge >= 0.3 is 103 Å². The van der Waals surface area contributed by atoms with E-state index in [4.69, 9.17) is 0 Å². The van der Waals surface area contributed by atoms with Crippen LogP contribution in [0.15, 0.2) is 137 Å². The van der Waals surface area contributed by atoms with Gasteiger partial charge in [0.2, 0.25) is 0 Å². The van der Waals surface area contributed by atoms with Crippen LogP contribution in [0.3, 0.4) is 0 Å². The van der Waals surface area contributed by atoms with Crippen molar-refractivity contribution in [3.8, 4) is 11.1 Å². The summed E-state index contributed by atoms with van der Waals surface area (Å²) in [5.41, 5.74) is 3.40. The third-order valence-corrected chi connectivity index (χ3v) is 8.75. The van der Waals surface area contributed by atoms with Gasteiger partial charge in [-0.1, -0.05) is 84.9 Å². The van der Waals surface area contributed by atoms with Crippen LogP contribution in [0.25, 0.3) is 32.7 Å². The second kappa shape index (κ2) is 14.0. The molecule has 0 spiro atoms. The molecule has 0 saturated heterocycles. The van der Waals surface area contributed by atoms with Gasteiger partial charge in [0.1, 0.15) is 20.2 Å². The molecule has 0 bridgehead atoms. The molecule has 6 rings (SSSR count). The van der Waals surface area contributed by atoms with Gasteiger partial charge in [-0.25, -0.2) is 16.8 Å². The van der Waals surface area contributed by atoms with Crippen LogP contribution in [0.2, 0.25) is 0 Å². The summed E-state index contributed by atoms with van der Waals surface area (Å²) < 4.78 is 73.2. The van der Waals surface area contributed by atoms with Crippen LogP contribution < -0.4 is 108 Å². The quantitative estimate of drug-likeness (QED) is 0.193. The number of hydrogen-bond donors (Lipinski definition) is 0. The Labute approximate surface area is 335 Å². The van der Waals surface area contributed by atoms with E-state index in [0.717, 1.165) is 11.4 Å². The SMILES string of the molecule is O=S(=O)([O-])c1cccc2c(-c3c(N(c4ccccc4)c4ccccc4)ccc4c(S(=O)(=O)[O-])cccc34)cccc12.[K+].[K+]. The van der Waals surface area contributed by atoms with Gasteiger partial charge in [-0.05, 0) is 69.6 Å². The minimum Gasteiger partial charge on any atom is -0.744 e. The molecular weight excluding hydrogens is 637 g/mol. The largest absolute Gasteiger partial charge is 1.00 e. The monoisotopic (exact) mass is 657 g/mol. The summed E-state index contributed by atoms with van der Waals surface area (Å²) in [6.07, 6.45) is 0. The molecule has 0 heterocycles.